The minimum Gasteiger partial charge on any atom is -0.459 e. The lowest BCUT2D eigenvalue weighted by Gasteiger charge is -2.22. The molecule has 4 rings (SSSR count). The molecule has 0 bridgehead atoms. The molecule has 30 heavy (non-hydrogen) atoms. The van der Waals surface area contributed by atoms with E-state index in [1.165, 1.54) is 17.2 Å². The highest BCUT2D eigenvalue weighted by atomic mass is 16.3. The van der Waals surface area contributed by atoms with Crippen LogP contribution < -0.4 is 0 Å². The smallest absolute Gasteiger partial charge is 0.289 e. The van der Waals surface area contributed by atoms with E-state index in [9.17, 15) is 19.2 Å². The highest BCUT2D eigenvalue weighted by Gasteiger charge is 2.37. The maximum absolute atomic E-state index is 13.1. The molecule has 1 aromatic carbocycles. The van der Waals surface area contributed by atoms with Crippen molar-refractivity contribution in [2.45, 2.75) is 26.3 Å². The molecule has 1 aromatic heterocycles. The Bertz CT molecular complexity index is 1010. The van der Waals surface area contributed by atoms with Gasteiger partial charge in [0.25, 0.3) is 23.6 Å². The summed E-state index contributed by atoms with van der Waals surface area (Å²) in [6, 6.07) is 7.69. The number of hydrogen-bond acceptors (Lipinski definition) is 5. The van der Waals surface area contributed by atoms with Crippen LogP contribution in [0.15, 0.2) is 41.0 Å². The fourth-order valence-electron chi connectivity index (χ4n) is 3.92. The van der Waals surface area contributed by atoms with Gasteiger partial charge in [-0.05, 0) is 50.6 Å². The molecule has 4 amide bonds. The Kier molecular flexibility index (Phi) is 5.15. The second-order valence-corrected chi connectivity index (χ2v) is 7.75. The molecule has 1 fully saturated rings. The molecule has 1 saturated heterocycles. The lowest BCUT2D eigenvalue weighted by atomic mass is 10.0. The van der Waals surface area contributed by atoms with Gasteiger partial charge in [-0.15, -0.1) is 0 Å². The van der Waals surface area contributed by atoms with Gasteiger partial charge in [-0.1, -0.05) is 0 Å². The minimum absolute atomic E-state index is 0.190. The lowest BCUT2D eigenvalue weighted by molar-refractivity contribution is 0.0608. The number of fused-ring (bicyclic) bond motifs is 1. The lowest BCUT2D eigenvalue weighted by Crippen LogP contribution is -2.37. The van der Waals surface area contributed by atoms with Crippen LogP contribution in [0.1, 0.15) is 61.9 Å². The van der Waals surface area contributed by atoms with Crippen LogP contribution in [0.2, 0.25) is 0 Å². The second kappa shape index (κ2) is 7.78. The van der Waals surface area contributed by atoms with Crippen molar-refractivity contribution in [2.75, 3.05) is 26.2 Å². The number of carbonyl (C=O) groups is 4. The molecule has 0 N–H and O–H groups in total. The summed E-state index contributed by atoms with van der Waals surface area (Å²) >= 11 is 0. The third-order valence-electron chi connectivity index (χ3n) is 5.48. The van der Waals surface area contributed by atoms with Crippen molar-refractivity contribution in [2.24, 2.45) is 0 Å². The van der Waals surface area contributed by atoms with Gasteiger partial charge in [0.05, 0.1) is 17.4 Å². The Morgan fingerprint density at radius 2 is 1.57 bits per heavy atom. The highest BCUT2D eigenvalue weighted by Crippen LogP contribution is 2.26. The van der Waals surface area contributed by atoms with Gasteiger partial charge in [0, 0.05) is 37.8 Å². The molecule has 8 heteroatoms. The zero-order valence-electron chi connectivity index (χ0n) is 17.0. The number of carbonyl (C=O) groups excluding carboxylic acids is 4. The first-order valence-electron chi connectivity index (χ1n) is 10.0. The van der Waals surface area contributed by atoms with Crippen molar-refractivity contribution in [1.29, 1.82) is 0 Å². The molecule has 8 nitrogen and oxygen atoms in total. The molecule has 156 valence electrons. The van der Waals surface area contributed by atoms with Crippen LogP contribution >= 0.6 is 0 Å². The third-order valence-corrected chi connectivity index (χ3v) is 5.48. The monoisotopic (exact) mass is 409 g/mol. The van der Waals surface area contributed by atoms with Crippen LogP contribution in [0.4, 0.5) is 0 Å². The van der Waals surface area contributed by atoms with Gasteiger partial charge in [-0.25, -0.2) is 0 Å². The van der Waals surface area contributed by atoms with Crippen molar-refractivity contribution < 1.29 is 23.6 Å². The Hall–Kier alpha value is -3.42. The quantitative estimate of drug-likeness (QED) is 0.726. The first-order valence-corrected chi connectivity index (χ1v) is 10.0. The van der Waals surface area contributed by atoms with E-state index in [1.807, 2.05) is 0 Å². The summed E-state index contributed by atoms with van der Waals surface area (Å²) in [7, 11) is 0. The minimum atomic E-state index is -0.370. The molecule has 0 unspecified atom stereocenters. The summed E-state index contributed by atoms with van der Waals surface area (Å²) < 4.78 is 5.18. The van der Waals surface area contributed by atoms with E-state index in [1.54, 1.807) is 47.9 Å². The standard InChI is InChI=1S/C22H23N3O5/c1-14(2)25-20(27)16-7-6-15(13-17(16)21(25)28)19(26)23-8-4-9-24(11-10-23)22(29)18-5-3-12-30-18/h3,5-7,12-14H,4,8-11H2,1-2H3. The number of rotatable bonds is 3. The molecule has 0 radical (unpaired) electrons. The van der Waals surface area contributed by atoms with Gasteiger partial charge < -0.3 is 14.2 Å². The van der Waals surface area contributed by atoms with Crippen LogP contribution in [-0.2, 0) is 0 Å². The topological polar surface area (TPSA) is 91.1 Å². The molecule has 3 heterocycles. The molecule has 0 aliphatic carbocycles. The van der Waals surface area contributed by atoms with Crippen molar-refractivity contribution in [3.63, 3.8) is 0 Å². The number of benzene rings is 1. The summed E-state index contributed by atoms with van der Waals surface area (Å²) in [5, 5.41) is 0. The Labute approximate surface area is 174 Å². The average Bonchev–Trinajstić information content (AvgIpc) is 3.26. The molecular weight excluding hydrogens is 386 g/mol. The van der Waals surface area contributed by atoms with Crippen molar-refractivity contribution in [1.82, 2.24) is 14.7 Å². The Balaban J connectivity index is 1.49. The second-order valence-electron chi connectivity index (χ2n) is 7.75. The predicted octanol–water partition coefficient (Wildman–Crippen LogP) is 2.27. The zero-order chi connectivity index (χ0) is 21.4. The van der Waals surface area contributed by atoms with Crippen LogP contribution in [0.3, 0.4) is 0 Å². The Morgan fingerprint density at radius 3 is 2.20 bits per heavy atom. The molecular formula is C22H23N3O5. The summed E-state index contributed by atoms with van der Waals surface area (Å²) in [6.45, 7) is 5.37. The predicted molar refractivity (Wildman–Crippen MR) is 107 cm³/mol. The fourth-order valence-corrected chi connectivity index (χ4v) is 3.92. The van der Waals surface area contributed by atoms with E-state index in [4.69, 9.17) is 4.42 Å². The molecule has 0 spiro atoms. The van der Waals surface area contributed by atoms with Gasteiger partial charge in [0.1, 0.15) is 0 Å². The maximum atomic E-state index is 13.1. The summed E-state index contributed by atoms with van der Waals surface area (Å²) in [4.78, 5) is 55.2. The van der Waals surface area contributed by atoms with Gasteiger partial charge in [-0.3, -0.25) is 24.1 Å². The van der Waals surface area contributed by atoms with Gasteiger partial charge in [0.15, 0.2) is 5.76 Å². The van der Waals surface area contributed by atoms with Crippen LogP contribution in [-0.4, -0.2) is 70.5 Å². The average molecular weight is 409 g/mol. The first-order chi connectivity index (χ1) is 14.4. The van der Waals surface area contributed by atoms with Gasteiger partial charge in [-0.2, -0.15) is 0 Å². The largest absolute Gasteiger partial charge is 0.459 e. The SMILES string of the molecule is CC(C)N1C(=O)c2ccc(C(=O)N3CCCN(C(=O)c4ccco4)CC3)cc2C1=O. The summed E-state index contributed by atoms with van der Waals surface area (Å²) in [6.07, 6.45) is 2.10. The number of hydrogen-bond donors (Lipinski definition) is 0. The number of imide groups is 1. The van der Waals surface area contributed by atoms with Gasteiger partial charge >= 0.3 is 0 Å². The third kappa shape index (κ3) is 3.38. The first kappa shape index (κ1) is 19.9. The number of nitrogens with zero attached hydrogens (tertiary/aromatic N) is 3. The summed E-state index contributed by atoms with van der Waals surface area (Å²) in [5.41, 5.74) is 0.964. The zero-order valence-corrected chi connectivity index (χ0v) is 17.0. The van der Waals surface area contributed by atoms with E-state index in [0.29, 0.717) is 43.7 Å². The molecule has 2 aromatic rings. The number of furan rings is 1. The highest BCUT2D eigenvalue weighted by molar-refractivity contribution is 6.22. The molecule has 0 atom stereocenters. The molecule has 2 aliphatic heterocycles. The van der Waals surface area contributed by atoms with E-state index in [0.717, 1.165) is 0 Å². The van der Waals surface area contributed by atoms with E-state index < -0.39 is 0 Å². The van der Waals surface area contributed by atoms with E-state index in [2.05, 4.69) is 0 Å². The van der Waals surface area contributed by atoms with Crippen molar-refractivity contribution in [3.8, 4) is 0 Å². The van der Waals surface area contributed by atoms with E-state index in [-0.39, 0.29) is 41.0 Å². The normalized spacial score (nSPS) is 16.8. The number of amides is 4. The molecule has 2 aliphatic rings. The van der Waals surface area contributed by atoms with E-state index >= 15 is 0 Å². The van der Waals surface area contributed by atoms with Gasteiger partial charge in [0.2, 0.25) is 0 Å². The van der Waals surface area contributed by atoms with Crippen LogP contribution in [0.25, 0.3) is 0 Å². The van der Waals surface area contributed by atoms with Crippen molar-refractivity contribution in [3.05, 3.63) is 59.0 Å². The Morgan fingerprint density at radius 1 is 0.900 bits per heavy atom. The van der Waals surface area contributed by atoms with Crippen LogP contribution in [0, 0.1) is 0 Å². The van der Waals surface area contributed by atoms with Crippen LogP contribution in [0.5, 0.6) is 0 Å². The molecule has 0 saturated carbocycles. The van der Waals surface area contributed by atoms with Crippen molar-refractivity contribution >= 4 is 23.6 Å². The fraction of sp³-hybridized carbons (Fsp3) is 0.364. The summed E-state index contributed by atoms with van der Waals surface area (Å²) in [5.74, 6) is -0.819. The maximum Gasteiger partial charge on any atom is 0.289 e.